The van der Waals surface area contributed by atoms with E-state index in [1.807, 2.05) is 12.1 Å². The third kappa shape index (κ3) is 4.55. The van der Waals surface area contributed by atoms with Crippen LogP contribution in [0.2, 0.25) is 0 Å². The van der Waals surface area contributed by atoms with E-state index in [0.29, 0.717) is 17.8 Å². The minimum Gasteiger partial charge on any atom is -0.354 e. The molecule has 1 aliphatic heterocycles. The molecular weight excluding hydrogens is 371 g/mol. The van der Waals surface area contributed by atoms with Gasteiger partial charge in [-0.05, 0) is 42.0 Å². The molecule has 0 spiro atoms. The van der Waals surface area contributed by atoms with Crippen LogP contribution in [0.25, 0.3) is 0 Å². The summed E-state index contributed by atoms with van der Waals surface area (Å²) in [4.78, 5) is 21.5. The van der Waals surface area contributed by atoms with Gasteiger partial charge in [0.15, 0.2) is 0 Å². The SMILES string of the molecule is O=C(c1ccnnc1)N(Cc1ccc(N2CCNCC2)nc1)c1ccc(F)cc1. The number of hydrogen-bond acceptors (Lipinski definition) is 6. The number of aromatic nitrogens is 3. The number of rotatable bonds is 5. The van der Waals surface area contributed by atoms with Crippen LogP contribution in [0.15, 0.2) is 61.1 Å². The van der Waals surface area contributed by atoms with Crippen LogP contribution >= 0.6 is 0 Å². The lowest BCUT2D eigenvalue weighted by Gasteiger charge is -2.28. The number of hydrogen-bond donors (Lipinski definition) is 1. The Balaban J connectivity index is 1.58. The van der Waals surface area contributed by atoms with Gasteiger partial charge in [0.25, 0.3) is 5.91 Å². The first-order valence-corrected chi connectivity index (χ1v) is 9.45. The van der Waals surface area contributed by atoms with Crippen molar-refractivity contribution >= 4 is 17.4 Å². The normalized spacial score (nSPS) is 13.9. The Morgan fingerprint density at radius 3 is 2.48 bits per heavy atom. The van der Waals surface area contributed by atoms with Crippen molar-refractivity contribution in [1.29, 1.82) is 0 Å². The Kier molecular flexibility index (Phi) is 5.71. The molecule has 1 fully saturated rings. The van der Waals surface area contributed by atoms with Crippen LogP contribution in [0.5, 0.6) is 0 Å². The maximum Gasteiger partial charge on any atom is 0.260 e. The third-order valence-corrected chi connectivity index (χ3v) is 4.81. The summed E-state index contributed by atoms with van der Waals surface area (Å²) >= 11 is 0. The zero-order chi connectivity index (χ0) is 20.1. The summed E-state index contributed by atoms with van der Waals surface area (Å²) in [6, 6.07) is 11.4. The second kappa shape index (κ2) is 8.74. The van der Waals surface area contributed by atoms with E-state index in [2.05, 4.69) is 25.4 Å². The predicted octanol–water partition coefficient (Wildman–Crippen LogP) is 2.27. The number of nitrogens with one attached hydrogen (secondary N) is 1. The molecule has 8 heteroatoms. The Hall–Kier alpha value is -3.39. The molecule has 2 aromatic heterocycles. The molecule has 29 heavy (non-hydrogen) atoms. The van der Waals surface area contributed by atoms with Gasteiger partial charge in [0.1, 0.15) is 11.6 Å². The fraction of sp³-hybridized carbons (Fsp3) is 0.238. The second-order valence-electron chi connectivity index (χ2n) is 6.76. The van der Waals surface area contributed by atoms with Gasteiger partial charge in [0.2, 0.25) is 0 Å². The third-order valence-electron chi connectivity index (χ3n) is 4.81. The molecule has 1 aromatic carbocycles. The smallest absolute Gasteiger partial charge is 0.260 e. The number of pyridine rings is 1. The molecule has 0 radical (unpaired) electrons. The van der Waals surface area contributed by atoms with Crippen LogP contribution in [0, 0.1) is 5.82 Å². The number of benzene rings is 1. The Labute approximate surface area is 168 Å². The van der Waals surface area contributed by atoms with Gasteiger partial charge in [0.05, 0.1) is 24.5 Å². The molecule has 0 saturated carbocycles. The number of nitrogens with zero attached hydrogens (tertiary/aromatic N) is 5. The molecule has 1 amide bonds. The molecule has 0 unspecified atom stereocenters. The average Bonchev–Trinajstić information content (AvgIpc) is 2.79. The van der Waals surface area contributed by atoms with E-state index in [9.17, 15) is 9.18 Å². The Morgan fingerprint density at radius 1 is 1.03 bits per heavy atom. The summed E-state index contributed by atoms with van der Waals surface area (Å²) in [5, 5.41) is 10.8. The minimum absolute atomic E-state index is 0.238. The lowest BCUT2D eigenvalue weighted by molar-refractivity contribution is 0.0984. The summed E-state index contributed by atoms with van der Waals surface area (Å²) in [6.45, 7) is 4.03. The molecule has 1 aliphatic rings. The van der Waals surface area contributed by atoms with Crippen molar-refractivity contribution in [2.75, 3.05) is 36.0 Å². The van der Waals surface area contributed by atoms with Crippen molar-refractivity contribution in [3.05, 3.63) is 78.0 Å². The maximum atomic E-state index is 13.4. The molecule has 4 rings (SSSR count). The molecular formula is C21H21FN6O. The Bertz CT molecular complexity index is 943. The van der Waals surface area contributed by atoms with E-state index in [0.717, 1.165) is 37.6 Å². The number of carbonyl (C=O) groups is 1. The van der Waals surface area contributed by atoms with Crippen LogP contribution in [0.3, 0.4) is 0 Å². The fourth-order valence-electron chi connectivity index (χ4n) is 3.25. The van der Waals surface area contributed by atoms with Crippen LogP contribution in [0.4, 0.5) is 15.9 Å². The predicted molar refractivity (Wildman–Crippen MR) is 108 cm³/mol. The summed E-state index contributed by atoms with van der Waals surface area (Å²) in [7, 11) is 0. The monoisotopic (exact) mass is 392 g/mol. The van der Waals surface area contributed by atoms with E-state index in [-0.39, 0.29) is 11.7 Å². The van der Waals surface area contributed by atoms with E-state index in [1.54, 1.807) is 29.3 Å². The first kappa shape index (κ1) is 18.9. The lowest BCUT2D eigenvalue weighted by atomic mass is 10.2. The molecule has 148 valence electrons. The summed E-state index contributed by atoms with van der Waals surface area (Å²) in [5.74, 6) is 0.333. The van der Waals surface area contributed by atoms with Crippen LogP contribution < -0.4 is 15.1 Å². The van der Waals surface area contributed by atoms with Gasteiger partial charge in [-0.3, -0.25) is 4.79 Å². The largest absolute Gasteiger partial charge is 0.354 e. The quantitative estimate of drug-likeness (QED) is 0.718. The molecule has 7 nitrogen and oxygen atoms in total. The van der Waals surface area contributed by atoms with Gasteiger partial charge in [-0.15, -0.1) is 0 Å². The Morgan fingerprint density at radius 2 is 1.83 bits per heavy atom. The summed E-state index contributed by atoms with van der Waals surface area (Å²) < 4.78 is 13.4. The zero-order valence-electron chi connectivity index (χ0n) is 15.8. The average molecular weight is 392 g/mol. The number of carbonyl (C=O) groups excluding carboxylic acids is 1. The first-order valence-electron chi connectivity index (χ1n) is 9.45. The van der Waals surface area contributed by atoms with Crippen molar-refractivity contribution in [3.63, 3.8) is 0 Å². The second-order valence-corrected chi connectivity index (χ2v) is 6.76. The van der Waals surface area contributed by atoms with Crippen LogP contribution in [-0.4, -0.2) is 47.3 Å². The van der Waals surface area contributed by atoms with Crippen LogP contribution in [-0.2, 0) is 6.54 Å². The van der Waals surface area contributed by atoms with Gasteiger partial charge >= 0.3 is 0 Å². The number of anilines is 2. The first-order chi connectivity index (χ1) is 14.2. The van der Waals surface area contributed by atoms with Crippen molar-refractivity contribution in [1.82, 2.24) is 20.5 Å². The van der Waals surface area contributed by atoms with Gasteiger partial charge in [-0.2, -0.15) is 10.2 Å². The summed E-state index contributed by atoms with van der Waals surface area (Å²) in [6.07, 6.45) is 4.68. The number of amides is 1. The van der Waals surface area contributed by atoms with E-state index in [1.165, 1.54) is 24.5 Å². The fourth-order valence-corrected chi connectivity index (χ4v) is 3.25. The minimum atomic E-state index is -0.353. The highest BCUT2D eigenvalue weighted by molar-refractivity contribution is 6.05. The number of halogens is 1. The van der Waals surface area contributed by atoms with Gasteiger partial charge in [-0.25, -0.2) is 9.37 Å². The molecule has 3 aromatic rings. The summed E-state index contributed by atoms with van der Waals surface area (Å²) in [5.41, 5.74) is 1.89. The molecule has 1 saturated heterocycles. The van der Waals surface area contributed by atoms with Crippen molar-refractivity contribution in [2.24, 2.45) is 0 Å². The lowest BCUT2D eigenvalue weighted by Crippen LogP contribution is -2.43. The molecule has 0 aliphatic carbocycles. The van der Waals surface area contributed by atoms with Crippen molar-refractivity contribution < 1.29 is 9.18 Å². The maximum absolute atomic E-state index is 13.4. The highest BCUT2D eigenvalue weighted by Crippen LogP contribution is 2.21. The molecule has 1 N–H and O–H groups in total. The van der Waals surface area contributed by atoms with E-state index in [4.69, 9.17) is 0 Å². The standard InChI is InChI=1S/C21H21FN6O/c22-18-2-4-19(5-3-18)28(21(29)17-7-8-25-26-14-17)15-16-1-6-20(24-13-16)27-11-9-23-10-12-27/h1-8,13-14,23H,9-12,15H2. The van der Waals surface area contributed by atoms with E-state index < -0.39 is 0 Å². The molecule has 3 heterocycles. The van der Waals surface area contributed by atoms with Crippen LogP contribution in [0.1, 0.15) is 15.9 Å². The zero-order valence-corrected chi connectivity index (χ0v) is 15.8. The topological polar surface area (TPSA) is 74.2 Å². The number of piperazine rings is 1. The van der Waals surface area contributed by atoms with Gasteiger partial charge in [0, 0.05) is 38.1 Å². The van der Waals surface area contributed by atoms with Gasteiger partial charge in [-0.1, -0.05) is 6.07 Å². The highest BCUT2D eigenvalue weighted by atomic mass is 19.1. The van der Waals surface area contributed by atoms with Gasteiger partial charge < -0.3 is 15.1 Å². The molecule has 0 bridgehead atoms. The van der Waals surface area contributed by atoms with Crippen molar-refractivity contribution in [2.45, 2.75) is 6.54 Å². The van der Waals surface area contributed by atoms with E-state index >= 15 is 0 Å². The van der Waals surface area contributed by atoms with Crippen molar-refractivity contribution in [3.8, 4) is 0 Å². The molecule has 0 atom stereocenters. The highest BCUT2D eigenvalue weighted by Gasteiger charge is 2.19.